The molecule has 0 aromatic heterocycles. The second-order valence-electron chi connectivity index (χ2n) is 3.96. The van der Waals surface area contributed by atoms with Crippen molar-refractivity contribution in [3.63, 3.8) is 0 Å². The van der Waals surface area contributed by atoms with Crippen LogP contribution in [-0.4, -0.2) is 22.5 Å². The van der Waals surface area contributed by atoms with E-state index in [1.807, 2.05) is 0 Å². The summed E-state index contributed by atoms with van der Waals surface area (Å²) >= 11 is 5.71. The smallest absolute Gasteiger partial charge is 0.338 e. The number of nitrogens with two attached hydrogens (primary N) is 1. The fourth-order valence-electron chi connectivity index (χ4n) is 2.31. The Bertz CT molecular complexity index is 236. The third-order valence-corrected chi connectivity index (χ3v) is 3.27. The van der Waals surface area contributed by atoms with Crippen LogP contribution in [0.15, 0.2) is 5.29 Å². The predicted molar refractivity (Wildman–Crippen MR) is 58.4 cm³/mol. The summed E-state index contributed by atoms with van der Waals surface area (Å²) in [6.45, 7) is 0. The number of hydrogen-bond acceptors (Lipinski definition) is 3. The van der Waals surface area contributed by atoms with E-state index in [9.17, 15) is 9.70 Å². The number of urea groups is 1. The predicted octanol–water partition coefficient (Wildman–Crippen LogP) is 2.38. The molecule has 0 atom stereocenters. The van der Waals surface area contributed by atoms with Gasteiger partial charge in [0.2, 0.25) is 0 Å². The van der Waals surface area contributed by atoms with Crippen LogP contribution in [-0.2, 0) is 0 Å². The van der Waals surface area contributed by atoms with Gasteiger partial charge in [0.1, 0.15) is 0 Å². The van der Waals surface area contributed by atoms with Crippen molar-refractivity contribution < 1.29 is 4.79 Å². The Morgan fingerprint density at radius 3 is 2.40 bits per heavy atom. The first kappa shape index (κ1) is 12.2. The summed E-state index contributed by atoms with van der Waals surface area (Å²) in [5.74, 6) is 0.402. The number of hydrogen-bond donors (Lipinski definition) is 1. The SMILES string of the molecule is NC(=O)N(N=O)C1(CCCl)CCCCC1. The lowest BCUT2D eigenvalue weighted by Gasteiger charge is -2.40. The van der Waals surface area contributed by atoms with E-state index >= 15 is 0 Å². The van der Waals surface area contributed by atoms with E-state index in [4.69, 9.17) is 17.3 Å². The molecule has 15 heavy (non-hydrogen) atoms. The fraction of sp³-hybridized carbons (Fsp3) is 0.889. The van der Waals surface area contributed by atoms with Crippen LogP contribution >= 0.6 is 11.6 Å². The Kier molecular flexibility index (Phi) is 4.32. The maximum Gasteiger partial charge on any atom is 0.338 e. The quantitative estimate of drug-likeness (QED) is 0.460. The van der Waals surface area contributed by atoms with Crippen molar-refractivity contribution in [3.05, 3.63) is 4.91 Å². The molecule has 0 unspecified atom stereocenters. The van der Waals surface area contributed by atoms with Gasteiger partial charge in [-0.1, -0.05) is 19.3 Å². The lowest BCUT2D eigenvalue weighted by atomic mass is 9.79. The molecule has 0 aliphatic heterocycles. The summed E-state index contributed by atoms with van der Waals surface area (Å²) in [7, 11) is 0. The van der Waals surface area contributed by atoms with Crippen molar-refractivity contribution in [3.8, 4) is 0 Å². The van der Waals surface area contributed by atoms with Crippen LogP contribution in [0.2, 0.25) is 0 Å². The second-order valence-corrected chi connectivity index (χ2v) is 4.33. The Balaban J connectivity index is 2.86. The van der Waals surface area contributed by atoms with Crippen LogP contribution in [0.1, 0.15) is 38.5 Å². The second kappa shape index (κ2) is 5.30. The zero-order chi connectivity index (χ0) is 11.3. The topological polar surface area (TPSA) is 75.8 Å². The standard InChI is InChI=1S/C9H16ClN3O2/c10-7-6-9(4-2-1-3-5-9)13(12-15)8(11)14/h1-7H2,(H2,11,14). The molecule has 6 heteroatoms. The largest absolute Gasteiger partial charge is 0.350 e. The van der Waals surface area contributed by atoms with Crippen LogP contribution < -0.4 is 5.73 Å². The van der Waals surface area contributed by atoms with Gasteiger partial charge in [0.05, 0.1) is 10.8 Å². The van der Waals surface area contributed by atoms with Crippen molar-refractivity contribution >= 4 is 17.6 Å². The van der Waals surface area contributed by atoms with Crippen LogP contribution in [0.25, 0.3) is 0 Å². The normalized spacial score (nSPS) is 19.5. The molecule has 0 spiro atoms. The number of nitrogens with zero attached hydrogens (tertiary/aromatic N) is 2. The first-order valence-electron chi connectivity index (χ1n) is 5.15. The molecule has 0 saturated heterocycles. The average Bonchev–Trinajstić information content (AvgIpc) is 2.19. The third-order valence-electron chi connectivity index (χ3n) is 3.08. The molecule has 86 valence electrons. The lowest BCUT2D eigenvalue weighted by Crippen LogP contribution is -2.52. The Morgan fingerprint density at radius 1 is 1.40 bits per heavy atom. The van der Waals surface area contributed by atoms with Gasteiger partial charge in [0.25, 0.3) is 0 Å². The van der Waals surface area contributed by atoms with Gasteiger partial charge in [-0.3, -0.25) is 0 Å². The maximum atomic E-state index is 11.1. The highest BCUT2D eigenvalue weighted by atomic mass is 35.5. The number of halogens is 1. The molecule has 2 N–H and O–H groups in total. The van der Waals surface area contributed by atoms with Crippen LogP contribution in [0.4, 0.5) is 4.79 Å². The highest BCUT2D eigenvalue weighted by Gasteiger charge is 2.40. The van der Waals surface area contributed by atoms with Gasteiger partial charge in [-0.15, -0.1) is 16.5 Å². The maximum absolute atomic E-state index is 11.1. The molecule has 1 aliphatic carbocycles. The molecular formula is C9H16ClN3O2. The van der Waals surface area contributed by atoms with Crippen molar-refractivity contribution in [1.82, 2.24) is 5.01 Å². The molecule has 0 aromatic carbocycles. The molecule has 2 amide bonds. The minimum atomic E-state index is -0.781. The van der Waals surface area contributed by atoms with Gasteiger partial charge in [0.15, 0.2) is 0 Å². The van der Waals surface area contributed by atoms with E-state index in [1.165, 1.54) is 0 Å². The number of primary amides is 1. The first-order valence-corrected chi connectivity index (χ1v) is 5.69. The minimum absolute atomic E-state index is 0.402. The number of rotatable bonds is 4. The van der Waals surface area contributed by atoms with Crippen molar-refractivity contribution in [2.24, 2.45) is 11.0 Å². The third kappa shape index (κ3) is 2.59. The molecule has 1 aliphatic rings. The van der Waals surface area contributed by atoms with E-state index in [1.54, 1.807) is 0 Å². The molecule has 0 aromatic rings. The molecule has 1 rings (SSSR count). The summed E-state index contributed by atoms with van der Waals surface area (Å²) in [6, 6.07) is -0.781. The zero-order valence-electron chi connectivity index (χ0n) is 8.62. The summed E-state index contributed by atoms with van der Waals surface area (Å²) in [5.41, 5.74) is 4.61. The number of nitroso groups, excluding NO2 is 1. The van der Waals surface area contributed by atoms with Crippen molar-refractivity contribution in [2.75, 3.05) is 5.88 Å². The highest BCUT2D eigenvalue weighted by molar-refractivity contribution is 6.17. The van der Waals surface area contributed by atoms with Gasteiger partial charge in [-0.05, 0) is 19.3 Å². The Labute approximate surface area is 93.9 Å². The van der Waals surface area contributed by atoms with Gasteiger partial charge >= 0.3 is 6.03 Å². The Morgan fingerprint density at radius 2 is 2.00 bits per heavy atom. The highest BCUT2D eigenvalue weighted by Crippen LogP contribution is 2.36. The summed E-state index contributed by atoms with van der Waals surface area (Å²) in [6.07, 6.45) is 5.17. The average molecular weight is 234 g/mol. The minimum Gasteiger partial charge on any atom is -0.350 e. The molecule has 0 radical (unpaired) electrons. The summed E-state index contributed by atoms with van der Waals surface area (Å²) in [5, 5.41) is 3.64. The lowest BCUT2D eigenvalue weighted by molar-refractivity contribution is 0.0802. The van der Waals surface area contributed by atoms with E-state index in [0.717, 1.165) is 37.1 Å². The summed E-state index contributed by atoms with van der Waals surface area (Å²) in [4.78, 5) is 21.8. The molecular weight excluding hydrogens is 218 g/mol. The number of carbonyl (C=O) groups is 1. The van der Waals surface area contributed by atoms with E-state index in [0.29, 0.717) is 12.3 Å². The summed E-state index contributed by atoms with van der Waals surface area (Å²) < 4.78 is 0. The van der Waals surface area contributed by atoms with Crippen molar-refractivity contribution in [2.45, 2.75) is 44.1 Å². The number of amides is 2. The van der Waals surface area contributed by atoms with Gasteiger partial charge in [0, 0.05) is 5.88 Å². The van der Waals surface area contributed by atoms with Crippen molar-refractivity contribution in [1.29, 1.82) is 0 Å². The molecule has 1 saturated carbocycles. The number of carbonyl (C=O) groups excluding carboxylic acids is 1. The van der Waals surface area contributed by atoms with Crippen LogP contribution in [0.5, 0.6) is 0 Å². The zero-order valence-corrected chi connectivity index (χ0v) is 9.37. The van der Waals surface area contributed by atoms with Gasteiger partial charge in [-0.2, -0.15) is 5.01 Å². The van der Waals surface area contributed by atoms with E-state index in [-0.39, 0.29) is 0 Å². The Hall–Kier alpha value is -0.840. The van der Waals surface area contributed by atoms with Gasteiger partial charge in [-0.25, -0.2) is 4.79 Å². The van der Waals surface area contributed by atoms with Crippen LogP contribution in [0.3, 0.4) is 0 Å². The molecule has 0 bridgehead atoms. The van der Waals surface area contributed by atoms with Crippen LogP contribution in [0, 0.1) is 4.91 Å². The molecule has 5 nitrogen and oxygen atoms in total. The fourth-order valence-corrected chi connectivity index (χ4v) is 2.67. The molecule has 1 fully saturated rings. The van der Waals surface area contributed by atoms with Gasteiger partial charge < -0.3 is 5.73 Å². The van der Waals surface area contributed by atoms with E-state index in [2.05, 4.69) is 5.29 Å². The van der Waals surface area contributed by atoms with E-state index < -0.39 is 11.6 Å². The first-order chi connectivity index (χ1) is 7.16. The molecule has 0 heterocycles. The number of alkyl halides is 1. The monoisotopic (exact) mass is 233 g/mol.